The van der Waals surface area contributed by atoms with E-state index in [0.29, 0.717) is 5.02 Å². The van der Waals surface area contributed by atoms with Gasteiger partial charge >= 0.3 is 6.18 Å². The number of halogens is 5. The predicted molar refractivity (Wildman–Crippen MR) is 68.2 cm³/mol. The van der Waals surface area contributed by atoms with Gasteiger partial charge in [-0.1, -0.05) is 11.6 Å². The van der Waals surface area contributed by atoms with Gasteiger partial charge in [0.05, 0.1) is 10.0 Å². The van der Waals surface area contributed by atoms with Crippen LogP contribution in [0.3, 0.4) is 0 Å². The highest BCUT2D eigenvalue weighted by molar-refractivity contribution is 9.10. The number of aromatic nitrogens is 1. The summed E-state index contributed by atoms with van der Waals surface area (Å²) in [6.07, 6.45) is -3.44. The molecule has 2 aromatic rings. The van der Waals surface area contributed by atoms with E-state index in [2.05, 4.69) is 15.9 Å². The van der Waals surface area contributed by atoms with Gasteiger partial charge in [-0.15, -0.1) is 0 Å². The number of benzene rings is 1. The molecule has 0 aliphatic carbocycles. The number of alkyl halides is 3. The van der Waals surface area contributed by atoms with Crippen molar-refractivity contribution in [2.75, 3.05) is 0 Å². The standard InChI is InChI=1S/C12H5BrClF3N2/c13-10-7(5-18)6-19(11(10)12(15,16)17)9-3-1-8(14)2-4-9/h1-4,6H. The zero-order chi connectivity index (χ0) is 14.2. The van der Waals surface area contributed by atoms with E-state index >= 15 is 0 Å². The second-order valence-corrected chi connectivity index (χ2v) is 4.89. The first-order valence-electron chi connectivity index (χ1n) is 4.98. The third kappa shape index (κ3) is 2.62. The first-order chi connectivity index (χ1) is 8.84. The van der Waals surface area contributed by atoms with Crippen LogP contribution in [-0.4, -0.2) is 4.57 Å². The number of rotatable bonds is 1. The van der Waals surface area contributed by atoms with Gasteiger partial charge in [0.1, 0.15) is 11.8 Å². The highest BCUT2D eigenvalue weighted by Crippen LogP contribution is 2.39. The van der Waals surface area contributed by atoms with Gasteiger partial charge in [0, 0.05) is 16.9 Å². The molecule has 7 heteroatoms. The molecule has 0 amide bonds. The lowest BCUT2D eigenvalue weighted by atomic mass is 10.3. The van der Waals surface area contributed by atoms with E-state index in [0.717, 1.165) is 10.8 Å². The summed E-state index contributed by atoms with van der Waals surface area (Å²) in [6.45, 7) is 0. The summed E-state index contributed by atoms with van der Waals surface area (Å²) < 4.78 is 39.8. The summed E-state index contributed by atoms with van der Waals surface area (Å²) in [5.74, 6) is 0. The monoisotopic (exact) mass is 348 g/mol. The zero-order valence-electron chi connectivity index (χ0n) is 9.17. The summed E-state index contributed by atoms with van der Waals surface area (Å²) in [5, 5.41) is 9.25. The van der Waals surface area contributed by atoms with E-state index in [1.54, 1.807) is 6.07 Å². The fourth-order valence-electron chi connectivity index (χ4n) is 1.63. The molecular formula is C12H5BrClF3N2. The molecule has 1 aromatic heterocycles. The quantitative estimate of drug-likeness (QED) is 0.728. The Hall–Kier alpha value is -1.45. The summed E-state index contributed by atoms with van der Waals surface area (Å²) in [4.78, 5) is 0. The lowest BCUT2D eigenvalue weighted by Gasteiger charge is -2.12. The summed E-state index contributed by atoms with van der Waals surface area (Å²) in [6, 6.07) is 7.58. The molecule has 0 saturated carbocycles. The van der Waals surface area contributed by atoms with Crippen LogP contribution >= 0.6 is 27.5 Å². The Balaban J connectivity index is 2.70. The molecule has 2 nitrogen and oxygen atoms in total. The summed E-state index contributed by atoms with van der Waals surface area (Å²) in [5.41, 5.74) is -0.729. The van der Waals surface area contributed by atoms with Crippen LogP contribution < -0.4 is 0 Å². The minimum atomic E-state index is -4.58. The van der Waals surface area contributed by atoms with E-state index in [4.69, 9.17) is 16.9 Å². The number of nitrogens with zero attached hydrogens (tertiary/aromatic N) is 2. The Morgan fingerprint density at radius 2 is 1.79 bits per heavy atom. The van der Waals surface area contributed by atoms with Gasteiger partial charge in [-0.3, -0.25) is 0 Å². The van der Waals surface area contributed by atoms with Gasteiger partial charge < -0.3 is 4.57 Å². The van der Waals surface area contributed by atoms with Crippen LogP contribution in [0, 0.1) is 11.3 Å². The van der Waals surface area contributed by atoms with Crippen molar-refractivity contribution in [2.45, 2.75) is 6.18 Å². The molecular weight excluding hydrogens is 344 g/mol. The van der Waals surface area contributed by atoms with Crippen molar-refractivity contribution in [3.63, 3.8) is 0 Å². The molecule has 0 aliphatic heterocycles. The van der Waals surface area contributed by atoms with Gasteiger partial charge in [0.25, 0.3) is 0 Å². The molecule has 0 N–H and O–H groups in total. The van der Waals surface area contributed by atoms with Gasteiger partial charge in [0.15, 0.2) is 0 Å². The van der Waals surface area contributed by atoms with Crippen molar-refractivity contribution in [3.05, 3.63) is 51.2 Å². The van der Waals surface area contributed by atoms with Crippen LogP contribution in [0.5, 0.6) is 0 Å². The van der Waals surface area contributed by atoms with Crippen molar-refractivity contribution >= 4 is 27.5 Å². The molecule has 19 heavy (non-hydrogen) atoms. The Kier molecular flexibility index (Phi) is 3.61. The Morgan fingerprint density at radius 3 is 2.26 bits per heavy atom. The minimum absolute atomic E-state index is 0.0812. The van der Waals surface area contributed by atoms with Crippen LogP contribution in [0.1, 0.15) is 11.3 Å². The average molecular weight is 350 g/mol. The fraction of sp³-hybridized carbons (Fsp3) is 0.0833. The lowest BCUT2D eigenvalue weighted by molar-refractivity contribution is -0.142. The highest BCUT2D eigenvalue weighted by atomic mass is 79.9. The first-order valence-corrected chi connectivity index (χ1v) is 6.15. The topological polar surface area (TPSA) is 28.7 Å². The maximum absolute atomic E-state index is 13.0. The van der Waals surface area contributed by atoms with Crippen molar-refractivity contribution in [3.8, 4) is 11.8 Å². The van der Waals surface area contributed by atoms with E-state index in [1.807, 2.05) is 0 Å². The Bertz CT molecular complexity index is 653. The smallest absolute Gasteiger partial charge is 0.310 e. The third-order valence-electron chi connectivity index (χ3n) is 2.44. The first kappa shape index (κ1) is 14.0. The van der Waals surface area contributed by atoms with Crippen molar-refractivity contribution in [1.82, 2.24) is 4.57 Å². The van der Waals surface area contributed by atoms with E-state index in [-0.39, 0.29) is 15.7 Å². The Labute approximate surface area is 120 Å². The molecule has 0 fully saturated rings. The van der Waals surface area contributed by atoms with Crippen LogP contribution in [0.4, 0.5) is 13.2 Å². The van der Waals surface area contributed by atoms with Crippen LogP contribution in [0.15, 0.2) is 34.9 Å². The maximum atomic E-state index is 13.0. The molecule has 0 aliphatic rings. The Morgan fingerprint density at radius 1 is 1.21 bits per heavy atom. The average Bonchev–Trinajstić information content (AvgIpc) is 2.67. The number of hydrogen-bond acceptors (Lipinski definition) is 1. The second-order valence-electron chi connectivity index (χ2n) is 3.66. The molecule has 0 bridgehead atoms. The molecule has 1 aromatic carbocycles. The molecule has 0 radical (unpaired) electrons. The second kappa shape index (κ2) is 4.91. The van der Waals surface area contributed by atoms with Gasteiger partial charge in [0.2, 0.25) is 0 Å². The maximum Gasteiger partial charge on any atom is 0.432 e. The van der Waals surface area contributed by atoms with Gasteiger partial charge in [-0.25, -0.2) is 0 Å². The largest absolute Gasteiger partial charge is 0.432 e. The molecule has 0 atom stereocenters. The molecule has 98 valence electrons. The van der Waals surface area contributed by atoms with Crippen molar-refractivity contribution < 1.29 is 13.2 Å². The van der Waals surface area contributed by atoms with Crippen LogP contribution in [0.25, 0.3) is 5.69 Å². The van der Waals surface area contributed by atoms with Crippen LogP contribution in [0.2, 0.25) is 5.02 Å². The van der Waals surface area contributed by atoms with Crippen molar-refractivity contribution in [1.29, 1.82) is 5.26 Å². The van der Waals surface area contributed by atoms with E-state index < -0.39 is 11.9 Å². The predicted octanol–water partition coefficient (Wildman–Crippen LogP) is 4.78. The van der Waals surface area contributed by atoms with Crippen LogP contribution in [-0.2, 0) is 6.18 Å². The number of hydrogen-bond donors (Lipinski definition) is 0. The highest BCUT2D eigenvalue weighted by Gasteiger charge is 2.38. The summed E-state index contributed by atoms with van der Waals surface area (Å²) >= 11 is 8.52. The molecule has 1 heterocycles. The SMILES string of the molecule is N#Cc1cn(-c2ccc(Cl)cc2)c(C(F)(F)F)c1Br. The van der Waals surface area contributed by atoms with E-state index in [9.17, 15) is 13.2 Å². The fourth-order valence-corrected chi connectivity index (χ4v) is 2.36. The molecule has 2 rings (SSSR count). The molecule has 0 unspecified atom stereocenters. The summed E-state index contributed by atoms with van der Waals surface area (Å²) in [7, 11) is 0. The van der Waals surface area contributed by atoms with Gasteiger partial charge in [-0.05, 0) is 40.2 Å². The van der Waals surface area contributed by atoms with E-state index in [1.165, 1.54) is 24.3 Å². The normalized spacial score (nSPS) is 11.4. The van der Waals surface area contributed by atoms with Gasteiger partial charge in [-0.2, -0.15) is 18.4 Å². The number of nitriles is 1. The third-order valence-corrected chi connectivity index (χ3v) is 3.49. The molecule has 0 saturated heterocycles. The minimum Gasteiger partial charge on any atom is -0.310 e. The zero-order valence-corrected chi connectivity index (χ0v) is 11.5. The lowest BCUT2D eigenvalue weighted by Crippen LogP contribution is -2.12. The molecule has 0 spiro atoms. The van der Waals surface area contributed by atoms with Crippen molar-refractivity contribution in [2.24, 2.45) is 0 Å².